The predicted octanol–water partition coefficient (Wildman–Crippen LogP) is 3.40. The second kappa shape index (κ2) is 7.06. The number of carbonyl (C=O) groups excluding carboxylic acids is 1. The minimum absolute atomic E-state index is 0.0358. The summed E-state index contributed by atoms with van der Waals surface area (Å²) in [5.41, 5.74) is 1.02. The molecule has 0 bridgehead atoms. The molecule has 0 radical (unpaired) electrons. The maximum absolute atomic E-state index is 11.8. The molecule has 3 nitrogen and oxygen atoms in total. The maximum atomic E-state index is 11.8. The van der Waals surface area contributed by atoms with Gasteiger partial charge < -0.3 is 10.6 Å². The molecule has 4 heteroatoms. The van der Waals surface area contributed by atoms with Crippen molar-refractivity contribution in [3.05, 3.63) is 34.3 Å². The summed E-state index contributed by atoms with van der Waals surface area (Å²) in [6.07, 6.45) is 0.917. The van der Waals surface area contributed by atoms with Gasteiger partial charge in [0.2, 0.25) is 5.91 Å². The molecule has 0 saturated carbocycles. The predicted molar refractivity (Wildman–Crippen MR) is 83.1 cm³/mol. The van der Waals surface area contributed by atoms with Gasteiger partial charge in [-0.25, -0.2) is 0 Å². The molecule has 1 amide bonds. The van der Waals surface area contributed by atoms with Gasteiger partial charge in [0.1, 0.15) is 0 Å². The summed E-state index contributed by atoms with van der Waals surface area (Å²) < 4.78 is 1.05. The van der Waals surface area contributed by atoms with E-state index in [1.165, 1.54) is 0 Å². The first kappa shape index (κ1) is 16.2. The van der Waals surface area contributed by atoms with Crippen LogP contribution in [0.1, 0.15) is 45.7 Å². The van der Waals surface area contributed by atoms with Crippen molar-refractivity contribution in [3.63, 3.8) is 0 Å². The first-order valence-electron chi connectivity index (χ1n) is 6.64. The van der Waals surface area contributed by atoms with Gasteiger partial charge in [-0.2, -0.15) is 0 Å². The quantitative estimate of drug-likeness (QED) is 0.841. The Hall–Kier alpha value is -0.870. The zero-order valence-corrected chi connectivity index (χ0v) is 13.7. The minimum Gasteiger partial charge on any atom is -0.350 e. The molecule has 0 aliphatic heterocycles. The Bertz CT molecular complexity index is 432. The van der Waals surface area contributed by atoms with Crippen LogP contribution < -0.4 is 10.6 Å². The largest absolute Gasteiger partial charge is 0.350 e. The molecule has 0 aliphatic carbocycles. The Kier molecular flexibility index (Phi) is 6.01. The smallest absolute Gasteiger partial charge is 0.234 e. The van der Waals surface area contributed by atoms with E-state index >= 15 is 0 Å². The third-order valence-corrected chi connectivity index (χ3v) is 3.77. The highest BCUT2D eigenvalue weighted by molar-refractivity contribution is 9.10. The van der Waals surface area contributed by atoms with E-state index in [9.17, 15) is 4.79 Å². The molecule has 0 saturated heterocycles. The SMILES string of the molecule is CCC(C)(C)NC(=O)CNC(C)c1cccc(Br)c1. The van der Waals surface area contributed by atoms with Gasteiger partial charge in [-0.3, -0.25) is 4.79 Å². The lowest BCUT2D eigenvalue weighted by molar-refractivity contribution is -0.122. The summed E-state index contributed by atoms with van der Waals surface area (Å²) in [6, 6.07) is 8.25. The molecule has 106 valence electrons. The second-order valence-corrected chi connectivity index (χ2v) is 6.36. The molecule has 1 aromatic rings. The Morgan fingerprint density at radius 3 is 2.68 bits per heavy atom. The van der Waals surface area contributed by atoms with Crippen molar-refractivity contribution in [2.24, 2.45) is 0 Å². The zero-order chi connectivity index (χ0) is 14.5. The van der Waals surface area contributed by atoms with Crippen molar-refractivity contribution in [3.8, 4) is 0 Å². The van der Waals surface area contributed by atoms with Crippen molar-refractivity contribution < 1.29 is 4.79 Å². The van der Waals surface area contributed by atoms with Crippen LogP contribution in [0.5, 0.6) is 0 Å². The van der Waals surface area contributed by atoms with Gasteiger partial charge >= 0.3 is 0 Å². The summed E-state index contributed by atoms with van der Waals surface area (Å²) in [5, 5.41) is 6.25. The first-order valence-corrected chi connectivity index (χ1v) is 7.43. The van der Waals surface area contributed by atoms with E-state index in [-0.39, 0.29) is 17.5 Å². The van der Waals surface area contributed by atoms with E-state index in [1.807, 2.05) is 26.0 Å². The number of rotatable bonds is 6. The minimum atomic E-state index is -0.141. The van der Waals surface area contributed by atoms with Crippen LogP contribution in [0, 0.1) is 0 Å². The molecular weight excluding hydrogens is 304 g/mol. The average molecular weight is 327 g/mol. The molecule has 0 heterocycles. The molecule has 0 spiro atoms. The normalized spacial score (nSPS) is 13.1. The van der Waals surface area contributed by atoms with Gasteiger partial charge in [0.25, 0.3) is 0 Å². The van der Waals surface area contributed by atoms with Crippen molar-refractivity contribution in [1.29, 1.82) is 0 Å². The number of carbonyl (C=O) groups is 1. The number of amides is 1. The molecule has 1 aromatic carbocycles. The van der Waals surface area contributed by atoms with Crippen LogP contribution in [-0.4, -0.2) is 18.0 Å². The maximum Gasteiger partial charge on any atom is 0.234 e. The lowest BCUT2D eigenvalue weighted by Gasteiger charge is -2.25. The highest BCUT2D eigenvalue weighted by atomic mass is 79.9. The van der Waals surface area contributed by atoms with Gasteiger partial charge in [-0.05, 0) is 44.9 Å². The van der Waals surface area contributed by atoms with E-state index in [0.717, 1.165) is 16.5 Å². The molecule has 19 heavy (non-hydrogen) atoms. The van der Waals surface area contributed by atoms with Crippen LogP contribution in [0.25, 0.3) is 0 Å². The highest BCUT2D eigenvalue weighted by Crippen LogP contribution is 2.17. The Labute approximate surface area is 124 Å². The molecule has 1 rings (SSSR count). The van der Waals surface area contributed by atoms with Crippen molar-refractivity contribution in [1.82, 2.24) is 10.6 Å². The second-order valence-electron chi connectivity index (χ2n) is 5.44. The van der Waals surface area contributed by atoms with Gasteiger partial charge in [-0.1, -0.05) is 35.0 Å². The monoisotopic (exact) mass is 326 g/mol. The summed E-state index contributed by atoms with van der Waals surface area (Å²) in [4.78, 5) is 11.8. The van der Waals surface area contributed by atoms with E-state index in [4.69, 9.17) is 0 Å². The fourth-order valence-corrected chi connectivity index (χ4v) is 2.07. The van der Waals surface area contributed by atoms with Crippen LogP contribution in [0.4, 0.5) is 0 Å². The summed E-state index contributed by atoms with van der Waals surface area (Å²) >= 11 is 3.45. The van der Waals surface area contributed by atoms with Crippen LogP contribution in [0.3, 0.4) is 0 Å². The highest BCUT2D eigenvalue weighted by Gasteiger charge is 2.17. The number of hydrogen-bond acceptors (Lipinski definition) is 2. The van der Waals surface area contributed by atoms with Gasteiger partial charge in [-0.15, -0.1) is 0 Å². The van der Waals surface area contributed by atoms with E-state index in [0.29, 0.717) is 6.54 Å². The number of hydrogen-bond donors (Lipinski definition) is 2. The molecule has 0 aromatic heterocycles. The summed E-state index contributed by atoms with van der Waals surface area (Å²) in [7, 11) is 0. The summed E-state index contributed by atoms with van der Waals surface area (Å²) in [5.74, 6) is 0.0358. The molecule has 0 aliphatic rings. The molecule has 1 atom stereocenters. The van der Waals surface area contributed by atoms with Gasteiger partial charge in [0.15, 0.2) is 0 Å². The first-order chi connectivity index (χ1) is 8.84. The number of benzene rings is 1. The van der Waals surface area contributed by atoms with Crippen LogP contribution in [0.15, 0.2) is 28.7 Å². The van der Waals surface area contributed by atoms with Crippen LogP contribution >= 0.6 is 15.9 Å². The topological polar surface area (TPSA) is 41.1 Å². The Morgan fingerprint density at radius 1 is 1.42 bits per heavy atom. The number of halogens is 1. The van der Waals surface area contributed by atoms with Gasteiger partial charge in [0.05, 0.1) is 6.54 Å². The van der Waals surface area contributed by atoms with Crippen molar-refractivity contribution in [2.45, 2.75) is 45.7 Å². The van der Waals surface area contributed by atoms with Crippen LogP contribution in [0.2, 0.25) is 0 Å². The van der Waals surface area contributed by atoms with Crippen molar-refractivity contribution in [2.75, 3.05) is 6.54 Å². The Morgan fingerprint density at radius 2 is 2.11 bits per heavy atom. The zero-order valence-electron chi connectivity index (χ0n) is 12.1. The third kappa shape index (κ3) is 5.74. The Balaban J connectivity index is 2.46. The lowest BCUT2D eigenvalue weighted by atomic mass is 10.0. The van der Waals surface area contributed by atoms with Crippen molar-refractivity contribution >= 4 is 21.8 Å². The van der Waals surface area contributed by atoms with E-state index < -0.39 is 0 Å². The third-order valence-electron chi connectivity index (χ3n) is 3.28. The van der Waals surface area contributed by atoms with Crippen LogP contribution in [-0.2, 0) is 4.79 Å². The molecule has 2 N–H and O–H groups in total. The van der Waals surface area contributed by atoms with E-state index in [1.54, 1.807) is 0 Å². The molecule has 0 fully saturated rings. The fraction of sp³-hybridized carbons (Fsp3) is 0.533. The summed E-state index contributed by atoms with van der Waals surface area (Å²) in [6.45, 7) is 8.51. The molecule has 1 unspecified atom stereocenters. The van der Waals surface area contributed by atoms with Gasteiger partial charge in [0, 0.05) is 16.1 Å². The average Bonchev–Trinajstić information content (AvgIpc) is 2.35. The standard InChI is InChI=1S/C15H23BrN2O/c1-5-15(3,4)18-14(19)10-17-11(2)12-7-6-8-13(16)9-12/h6-9,11,17H,5,10H2,1-4H3,(H,18,19). The molecular formula is C15H23BrN2O. The number of nitrogens with one attached hydrogen (secondary N) is 2. The fourth-order valence-electron chi connectivity index (χ4n) is 1.65. The van der Waals surface area contributed by atoms with E-state index in [2.05, 4.69) is 52.5 Å². The lowest BCUT2D eigenvalue weighted by Crippen LogP contribution is -2.46.